The average Bonchev–Trinajstić information content (AvgIpc) is 3.10. The summed E-state index contributed by atoms with van der Waals surface area (Å²) in [5, 5.41) is 7.47. The molecule has 3 aromatic rings. The number of thiazole rings is 1. The second-order valence-electron chi connectivity index (χ2n) is 4.12. The average molecular weight is 303 g/mol. The van der Waals surface area contributed by atoms with Gasteiger partial charge in [0.2, 0.25) is 0 Å². The number of nitrogens with zero attached hydrogens (tertiary/aromatic N) is 3. The molecule has 3 aromatic heterocycles. The first-order valence-electron chi connectivity index (χ1n) is 6.12. The summed E-state index contributed by atoms with van der Waals surface area (Å²) >= 11 is 3.04. The second-order valence-corrected chi connectivity index (χ2v) is 5.87. The van der Waals surface area contributed by atoms with Gasteiger partial charge in [0.05, 0.1) is 10.6 Å². The Balaban J connectivity index is 1.74. The first-order chi connectivity index (χ1) is 9.84. The molecule has 3 heterocycles. The van der Waals surface area contributed by atoms with E-state index in [9.17, 15) is 0 Å². The molecule has 0 aliphatic rings. The van der Waals surface area contributed by atoms with E-state index in [0.717, 1.165) is 34.1 Å². The zero-order valence-corrected chi connectivity index (χ0v) is 12.2. The first kappa shape index (κ1) is 13.0. The smallest absolute Gasteiger partial charge is 0.147 e. The minimum Gasteiger partial charge on any atom is -0.382 e. The van der Waals surface area contributed by atoms with Gasteiger partial charge >= 0.3 is 0 Å². The fourth-order valence-electron chi connectivity index (χ4n) is 1.87. The van der Waals surface area contributed by atoms with E-state index in [0.29, 0.717) is 5.82 Å². The molecule has 3 rings (SSSR count). The maximum absolute atomic E-state index is 5.96. The summed E-state index contributed by atoms with van der Waals surface area (Å²) in [6.07, 6.45) is 6.26. The van der Waals surface area contributed by atoms with Gasteiger partial charge in [-0.25, -0.2) is 4.98 Å². The maximum atomic E-state index is 5.96. The third-order valence-corrected chi connectivity index (χ3v) is 4.44. The van der Waals surface area contributed by atoms with Crippen LogP contribution in [0.2, 0.25) is 0 Å². The fraction of sp³-hybridized carbons (Fsp3) is 0.154. The van der Waals surface area contributed by atoms with Gasteiger partial charge in [-0.15, -0.1) is 11.3 Å². The van der Waals surface area contributed by atoms with Crippen molar-refractivity contribution >= 4 is 33.7 Å². The summed E-state index contributed by atoms with van der Waals surface area (Å²) in [5.74, 6) is 0.541. The topological polar surface area (TPSA) is 76.7 Å². The van der Waals surface area contributed by atoms with Gasteiger partial charge in [0, 0.05) is 42.5 Å². The number of anilines is 2. The van der Waals surface area contributed by atoms with Crippen molar-refractivity contribution in [3.05, 3.63) is 41.1 Å². The third kappa shape index (κ3) is 2.78. The molecule has 3 N–H and O–H groups in total. The zero-order chi connectivity index (χ0) is 13.8. The quantitative estimate of drug-likeness (QED) is 0.758. The van der Waals surface area contributed by atoms with Crippen LogP contribution in [0.4, 0.5) is 10.8 Å². The molecule has 0 unspecified atom stereocenters. The molecule has 0 aliphatic carbocycles. The maximum Gasteiger partial charge on any atom is 0.147 e. The molecule has 0 saturated heterocycles. The van der Waals surface area contributed by atoms with Crippen LogP contribution >= 0.6 is 22.9 Å². The van der Waals surface area contributed by atoms with Gasteiger partial charge in [0.1, 0.15) is 10.8 Å². The number of rotatable bonds is 5. The van der Waals surface area contributed by atoms with Gasteiger partial charge in [-0.3, -0.25) is 4.98 Å². The van der Waals surface area contributed by atoms with Crippen molar-refractivity contribution in [3.8, 4) is 11.1 Å². The Hall–Kier alpha value is -1.99. The number of nitrogens with two attached hydrogens (primary N) is 1. The molecular formula is C13H13N5S2. The van der Waals surface area contributed by atoms with Crippen molar-refractivity contribution in [2.45, 2.75) is 6.42 Å². The van der Waals surface area contributed by atoms with Crippen molar-refractivity contribution in [2.24, 2.45) is 0 Å². The van der Waals surface area contributed by atoms with Gasteiger partial charge in [0.25, 0.3) is 0 Å². The lowest BCUT2D eigenvalue weighted by Gasteiger charge is -2.06. The Kier molecular flexibility index (Phi) is 3.89. The highest BCUT2D eigenvalue weighted by molar-refractivity contribution is 7.11. The summed E-state index contributed by atoms with van der Waals surface area (Å²) in [4.78, 5) is 8.39. The summed E-state index contributed by atoms with van der Waals surface area (Å²) < 4.78 is 4.22. The van der Waals surface area contributed by atoms with Gasteiger partial charge in [0.15, 0.2) is 0 Å². The number of pyridine rings is 1. The molecule has 0 fully saturated rings. The van der Waals surface area contributed by atoms with Gasteiger partial charge < -0.3 is 11.1 Å². The molecule has 0 amide bonds. The Morgan fingerprint density at radius 2 is 2.25 bits per heavy atom. The van der Waals surface area contributed by atoms with Crippen LogP contribution in [0.3, 0.4) is 0 Å². The van der Waals surface area contributed by atoms with Crippen molar-refractivity contribution in [1.82, 2.24) is 14.3 Å². The minimum atomic E-state index is 0.541. The summed E-state index contributed by atoms with van der Waals surface area (Å²) in [6.45, 7) is 0.808. The van der Waals surface area contributed by atoms with Crippen molar-refractivity contribution in [3.63, 3.8) is 0 Å². The first-order valence-corrected chi connectivity index (χ1v) is 7.77. The molecule has 0 atom stereocenters. The highest BCUT2D eigenvalue weighted by atomic mass is 32.1. The number of aromatic nitrogens is 3. The number of hydrogen-bond donors (Lipinski definition) is 2. The van der Waals surface area contributed by atoms with E-state index in [4.69, 9.17) is 5.73 Å². The molecule has 0 saturated carbocycles. The monoisotopic (exact) mass is 303 g/mol. The predicted octanol–water partition coefficient (Wildman–Crippen LogP) is 2.90. The fourth-order valence-corrected chi connectivity index (χ4v) is 3.25. The van der Waals surface area contributed by atoms with E-state index in [1.54, 1.807) is 23.7 Å². The molecule has 0 bridgehead atoms. The molecule has 0 aliphatic heterocycles. The lowest BCUT2D eigenvalue weighted by Crippen LogP contribution is -2.04. The number of nitrogen functional groups attached to an aromatic ring is 1. The van der Waals surface area contributed by atoms with Crippen molar-refractivity contribution < 1.29 is 0 Å². The van der Waals surface area contributed by atoms with E-state index in [-0.39, 0.29) is 0 Å². The van der Waals surface area contributed by atoms with Gasteiger partial charge in [-0.05, 0) is 17.6 Å². The molecule has 0 radical (unpaired) electrons. The second kappa shape index (κ2) is 5.98. The lowest BCUT2D eigenvalue weighted by molar-refractivity contribution is 1.00. The van der Waals surface area contributed by atoms with E-state index in [2.05, 4.69) is 19.7 Å². The molecule has 102 valence electrons. The zero-order valence-electron chi connectivity index (χ0n) is 10.6. The minimum absolute atomic E-state index is 0.541. The Bertz CT molecular complexity index is 663. The van der Waals surface area contributed by atoms with Gasteiger partial charge in [-0.2, -0.15) is 4.37 Å². The number of nitrogens with one attached hydrogen (secondary N) is 1. The molecule has 5 nitrogen and oxygen atoms in total. The molecular weight excluding hydrogens is 290 g/mol. The molecule has 0 spiro atoms. The summed E-state index contributed by atoms with van der Waals surface area (Å²) in [6, 6.07) is 3.88. The third-order valence-electron chi connectivity index (χ3n) is 2.78. The van der Waals surface area contributed by atoms with Crippen LogP contribution in [0, 0.1) is 0 Å². The van der Waals surface area contributed by atoms with E-state index in [1.165, 1.54) is 11.5 Å². The van der Waals surface area contributed by atoms with Crippen LogP contribution in [0.15, 0.2) is 36.1 Å². The normalized spacial score (nSPS) is 10.6. The highest BCUT2D eigenvalue weighted by Crippen LogP contribution is 2.36. The van der Waals surface area contributed by atoms with Crippen LogP contribution in [-0.4, -0.2) is 20.9 Å². The molecule has 7 heteroatoms. The van der Waals surface area contributed by atoms with Gasteiger partial charge in [-0.1, -0.05) is 6.07 Å². The largest absolute Gasteiger partial charge is 0.382 e. The van der Waals surface area contributed by atoms with Crippen LogP contribution in [-0.2, 0) is 6.42 Å². The molecule has 0 aromatic carbocycles. The van der Waals surface area contributed by atoms with E-state index < -0.39 is 0 Å². The summed E-state index contributed by atoms with van der Waals surface area (Å²) in [7, 11) is 0. The SMILES string of the molecule is Nc1nsc(NCCc2nccs2)c1-c1cccnc1. The van der Waals surface area contributed by atoms with Crippen LogP contribution in [0.25, 0.3) is 11.1 Å². The Labute approximate surface area is 124 Å². The van der Waals surface area contributed by atoms with Crippen molar-refractivity contribution in [1.29, 1.82) is 0 Å². The van der Waals surface area contributed by atoms with E-state index in [1.807, 2.05) is 23.7 Å². The Morgan fingerprint density at radius 1 is 1.30 bits per heavy atom. The van der Waals surface area contributed by atoms with E-state index >= 15 is 0 Å². The van der Waals surface area contributed by atoms with Crippen LogP contribution < -0.4 is 11.1 Å². The van der Waals surface area contributed by atoms with Crippen molar-refractivity contribution in [2.75, 3.05) is 17.6 Å². The lowest BCUT2D eigenvalue weighted by atomic mass is 10.1. The Morgan fingerprint density at radius 3 is 3.00 bits per heavy atom. The number of hydrogen-bond acceptors (Lipinski definition) is 7. The highest BCUT2D eigenvalue weighted by Gasteiger charge is 2.13. The standard InChI is InChI=1S/C13H13N5S2/c14-12-11(9-2-1-4-15-8-9)13(20-18-12)17-5-3-10-16-6-7-19-10/h1-2,4,6-8,17H,3,5H2,(H2,14,18). The van der Waals surface area contributed by atoms with Crippen LogP contribution in [0.5, 0.6) is 0 Å². The molecule has 20 heavy (non-hydrogen) atoms. The van der Waals surface area contributed by atoms with Crippen LogP contribution in [0.1, 0.15) is 5.01 Å². The predicted molar refractivity (Wildman–Crippen MR) is 84.1 cm³/mol. The summed E-state index contributed by atoms with van der Waals surface area (Å²) in [5.41, 5.74) is 7.88.